The number of para-hydroxylation sites is 1. The molecular weight excluding hydrogens is 334 g/mol. The predicted octanol–water partition coefficient (Wildman–Crippen LogP) is 3.48. The SMILES string of the molecule is CNC(=O)[C@@H]1Cc2c([nH]c3ccccc23)C(c2ccc(C)cc2Cl)N1. The Hall–Kier alpha value is -2.30. The van der Waals surface area contributed by atoms with E-state index in [0.717, 1.165) is 22.3 Å². The number of fused-ring (bicyclic) bond motifs is 3. The Labute approximate surface area is 151 Å². The van der Waals surface area contributed by atoms with E-state index in [9.17, 15) is 4.79 Å². The Bertz CT molecular complexity index is 963. The van der Waals surface area contributed by atoms with Crippen LogP contribution < -0.4 is 10.6 Å². The molecule has 0 spiro atoms. The maximum Gasteiger partial charge on any atom is 0.237 e. The highest BCUT2D eigenvalue weighted by atomic mass is 35.5. The number of amides is 1. The molecule has 3 aromatic rings. The second kappa shape index (κ2) is 6.21. The molecule has 0 aliphatic carbocycles. The number of nitrogens with one attached hydrogen (secondary N) is 3. The molecule has 4 rings (SSSR count). The van der Waals surface area contributed by atoms with Gasteiger partial charge in [-0.05, 0) is 42.2 Å². The van der Waals surface area contributed by atoms with Crippen LogP contribution in [0.4, 0.5) is 0 Å². The molecule has 128 valence electrons. The molecule has 1 aliphatic rings. The van der Waals surface area contributed by atoms with E-state index in [1.165, 1.54) is 10.9 Å². The van der Waals surface area contributed by atoms with Gasteiger partial charge in [0.05, 0.1) is 12.1 Å². The monoisotopic (exact) mass is 353 g/mol. The molecule has 1 aromatic heterocycles. The van der Waals surface area contributed by atoms with E-state index in [2.05, 4.69) is 33.8 Å². The van der Waals surface area contributed by atoms with Crippen molar-refractivity contribution in [2.75, 3.05) is 7.05 Å². The van der Waals surface area contributed by atoms with E-state index in [1.807, 2.05) is 31.2 Å². The van der Waals surface area contributed by atoms with Crippen molar-refractivity contribution in [1.82, 2.24) is 15.6 Å². The Balaban J connectivity index is 1.90. The molecule has 1 unspecified atom stereocenters. The lowest BCUT2D eigenvalue weighted by Crippen LogP contribution is -2.49. The molecule has 0 saturated heterocycles. The number of halogens is 1. The zero-order chi connectivity index (χ0) is 17.6. The van der Waals surface area contributed by atoms with Crippen molar-refractivity contribution in [1.29, 1.82) is 0 Å². The second-order valence-electron chi connectivity index (χ2n) is 6.56. The molecule has 0 saturated carbocycles. The van der Waals surface area contributed by atoms with Crippen LogP contribution in [-0.2, 0) is 11.2 Å². The van der Waals surface area contributed by atoms with Crippen LogP contribution in [0.1, 0.15) is 28.4 Å². The number of aromatic amines is 1. The number of hydrogen-bond donors (Lipinski definition) is 3. The number of carbonyl (C=O) groups is 1. The Morgan fingerprint density at radius 1 is 1.24 bits per heavy atom. The number of carbonyl (C=O) groups excluding carboxylic acids is 1. The summed E-state index contributed by atoms with van der Waals surface area (Å²) in [7, 11) is 1.67. The first kappa shape index (κ1) is 16.2. The van der Waals surface area contributed by atoms with Gasteiger partial charge in [0.25, 0.3) is 0 Å². The molecule has 0 radical (unpaired) electrons. The van der Waals surface area contributed by atoms with Crippen LogP contribution in [0.15, 0.2) is 42.5 Å². The van der Waals surface area contributed by atoms with Gasteiger partial charge in [-0.1, -0.05) is 41.9 Å². The normalized spacial score (nSPS) is 19.6. The highest BCUT2D eigenvalue weighted by molar-refractivity contribution is 6.31. The fourth-order valence-electron chi connectivity index (χ4n) is 3.69. The number of aryl methyl sites for hydroxylation is 1. The van der Waals surface area contributed by atoms with Crippen LogP contribution in [0.25, 0.3) is 10.9 Å². The van der Waals surface area contributed by atoms with Crippen molar-refractivity contribution < 1.29 is 4.79 Å². The van der Waals surface area contributed by atoms with Crippen molar-refractivity contribution in [3.05, 3.63) is 69.9 Å². The lowest BCUT2D eigenvalue weighted by Gasteiger charge is -2.31. The minimum atomic E-state index is -0.293. The van der Waals surface area contributed by atoms with E-state index in [-0.39, 0.29) is 18.0 Å². The van der Waals surface area contributed by atoms with E-state index in [4.69, 9.17) is 11.6 Å². The number of hydrogen-bond acceptors (Lipinski definition) is 2. The number of likely N-dealkylation sites (N-methyl/N-ethyl adjacent to an activating group) is 1. The van der Waals surface area contributed by atoms with Crippen LogP contribution in [0.5, 0.6) is 0 Å². The van der Waals surface area contributed by atoms with E-state index >= 15 is 0 Å². The van der Waals surface area contributed by atoms with Gasteiger partial charge in [-0.3, -0.25) is 10.1 Å². The first-order valence-corrected chi connectivity index (χ1v) is 8.79. The van der Waals surface area contributed by atoms with Crippen LogP contribution in [0.3, 0.4) is 0 Å². The summed E-state index contributed by atoms with van der Waals surface area (Å²) in [5.74, 6) is -0.0100. The number of aromatic nitrogens is 1. The molecule has 2 heterocycles. The zero-order valence-electron chi connectivity index (χ0n) is 14.2. The highest BCUT2D eigenvalue weighted by Gasteiger charge is 2.34. The van der Waals surface area contributed by atoms with Gasteiger partial charge in [-0.25, -0.2) is 0 Å². The maximum atomic E-state index is 12.3. The van der Waals surface area contributed by atoms with E-state index in [1.54, 1.807) is 7.05 Å². The molecule has 25 heavy (non-hydrogen) atoms. The summed E-state index contributed by atoms with van der Waals surface area (Å²) in [6, 6.07) is 13.8. The summed E-state index contributed by atoms with van der Waals surface area (Å²) < 4.78 is 0. The third kappa shape index (κ3) is 2.71. The van der Waals surface area contributed by atoms with Crippen LogP contribution in [0, 0.1) is 6.92 Å². The smallest absolute Gasteiger partial charge is 0.237 e. The summed E-state index contributed by atoms with van der Waals surface area (Å²) in [5.41, 5.74) is 5.45. The second-order valence-corrected chi connectivity index (χ2v) is 6.97. The average molecular weight is 354 g/mol. The number of H-pyrrole nitrogens is 1. The molecule has 3 N–H and O–H groups in total. The Morgan fingerprint density at radius 2 is 2.04 bits per heavy atom. The zero-order valence-corrected chi connectivity index (χ0v) is 14.9. The van der Waals surface area contributed by atoms with Gasteiger partial charge in [-0.2, -0.15) is 0 Å². The number of rotatable bonds is 2. The van der Waals surface area contributed by atoms with E-state index in [0.29, 0.717) is 11.4 Å². The molecule has 2 atom stereocenters. The van der Waals surface area contributed by atoms with Crippen LogP contribution in [-0.4, -0.2) is 24.0 Å². The van der Waals surface area contributed by atoms with Crippen molar-refractivity contribution in [2.45, 2.75) is 25.4 Å². The number of benzene rings is 2. The van der Waals surface area contributed by atoms with E-state index < -0.39 is 0 Å². The molecule has 0 bridgehead atoms. The van der Waals surface area contributed by atoms with Gasteiger partial charge in [-0.15, -0.1) is 0 Å². The van der Waals surface area contributed by atoms with Gasteiger partial charge in [0.15, 0.2) is 0 Å². The van der Waals surface area contributed by atoms with Crippen molar-refractivity contribution in [3.63, 3.8) is 0 Å². The van der Waals surface area contributed by atoms with Gasteiger partial charge in [0.2, 0.25) is 5.91 Å². The summed E-state index contributed by atoms with van der Waals surface area (Å²) in [5, 5.41) is 8.10. The van der Waals surface area contributed by atoms with Crippen LogP contribution >= 0.6 is 11.6 Å². The molecule has 0 fully saturated rings. The topological polar surface area (TPSA) is 56.9 Å². The standard InChI is InChI=1S/C20H20ClN3O/c1-11-7-8-13(15(21)9-11)18-19-14(10-17(24-18)20(25)22-2)12-5-3-4-6-16(12)23-19/h3-9,17-18,23-24H,10H2,1-2H3,(H,22,25)/t17-,18?/m0/s1. The fraction of sp³-hybridized carbons (Fsp3) is 0.250. The summed E-state index contributed by atoms with van der Waals surface area (Å²) in [6.07, 6.45) is 0.652. The maximum absolute atomic E-state index is 12.3. The average Bonchev–Trinajstić information content (AvgIpc) is 2.99. The summed E-state index contributed by atoms with van der Waals surface area (Å²) in [4.78, 5) is 15.9. The molecule has 5 heteroatoms. The molecule has 2 aromatic carbocycles. The fourth-order valence-corrected chi connectivity index (χ4v) is 4.03. The molecule has 4 nitrogen and oxygen atoms in total. The first-order chi connectivity index (χ1) is 12.1. The molecule has 1 amide bonds. The molecule has 1 aliphatic heterocycles. The third-order valence-corrected chi connectivity index (χ3v) is 5.27. The van der Waals surface area contributed by atoms with Gasteiger partial charge < -0.3 is 10.3 Å². The largest absolute Gasteiger partial charge is 0.358 e. The third-order valence-electron chi connectivity index (χ3n) is 4.94. The molecular formula is C20H20ClN3O. The lowest BCUT2D eigenvalue weighted by atomic mass is 9.89. The summed E-state index contributed by atoms with van der Waals surface area (Å²) >= 11 is 6.53. The Morgan fingerprint density at radius 3 is 2.80 bits per heavy atom. The summed E-state index contributed by atoms with van der Waals surface area (Å²) in [6.45, 7) is 2.02. The minimum Gasteiger partial charge on any atom is -0.358 e. The van der Waals surface area contributed by atoms with Crippen LogP contribution in [0.2, 0.25) is 5.02 Å². The van der Waals surface area contributed by atoms with Gasteiger partial charge in [0, 0.05) is 28.7 Å². The highest BCUT2D eigenvalue weighted by Crippen LogP contribution is 2.37. The first-order valence-electron chi connectivity index (χ1n) is 8.41. The quantitative estimate of drug-likeness (QED) is 0.660. The minimum absolute atomic E-state index is 0.0100. The predicted molar refractivity (Wildman–Crippen MR) is 101 cm³/mol. The van der Waals surface area contributed by atoms with Crippen molar-refractivity contribution >= 4 is 28.4 Å². The van der Waals surface area contributed by atoms with Gasteiger partial charge in [0.1, 0.15) is 0 Å². The van der Waals surface area contributed by atoms with Crippen molar-refractivity contribution in [2.24, 2.45) is 0 Å². The Kier molecular flexibility index (Phi) is 4.02. The van der Waals surface area contributed by atoms with Gasteiger partial charge >= 0.3 is 0 Å². The lowest BCUT2D eigenvalue weighted by molar-refractivity contribution is -0.122. The van der Waals surface area contributed by atoms with Crippen molar-refractivity contribution in [3.8, 4) is 0 Å².